The second-order valence-electron chi connectivity index (χ2n) is 4.01. The van der Waals surface area contributed by atoms with Crippen LogP contribution < -0.4 is 4.90 Å². The van der Waals surface area contributed by atoms with Crippen molar-refractivity contribution < 1.29 is 4.79 Å². The average Bonchev–Trinajstić information content (AvgIpc) is 2.74. The number of anilines is 1. The highest BCUT2D eigenvalue weighted by atomic mass is 16.1. The fourth-order valence-electron chi connectivity index (χ4n) is 1.55. The molecule has 1 aromatic carbocycles. The highest BCUT2D eigenvalue weighted by molar-refractivity contribution is 6.07. The Kier molecular flexibility index (Phi) is 2.91. The van der Waals surface area contributed by atoms with Gasteiger partial charge in [0.2, 0.25) is 5.78 Å². The minimum absolute atomic E-state index is 0.0668. The van der Waals surface area contributed by atoms with Gasteiger partial charge in [0.15, 0.2) is 0 Å². The van der Waals surface area contributed by atoms with Gasteiger partial charge in [-0.25, -0.2) is 4.68 Å². The molecule has 2 aromatic rings. The van der Waals surface area contributed by atoms with Gasteiger partial charge in [-0.05, 0) is 24.3 Å². The minimum Gasteiger partial charge on any atom is -0.378 e. The van der Waals surface area contributed by atoms with Crippen LogP contribution in [0.4, 0.5) is 5.69 Å². The molecule has 0 aliphatic rings. The lowest BCUT2D eigenvalue weighted by Gasteiger charge is -2.12. The number of benzene rings is 1. The molecule has 0 aliphatic carbocycles. The van der Waals surface area contributed by atoms with E-state index in [0.717, 1.165) is 5.69 Å². The number of rotatable bonds is 3. The Hall–Kier alpha value is -2.17. The fourth-order valence-corrected chi connectivity index (χ4v) is 1.55. The smallest absolute Gasteiger partial charge is 0.212 e. The van der Waals surface area contributed by atoms with E-state index < -0.39 is 0 Å². The van der Waals surface area contributed by atoms with Gasteiger partial charge < -0.3 is 4.90 Å². The summed E-state index contributed by atoms with van der Waals surface area (Å²) in [4.78, 5) is 14.1. The van der Waals surface area contributed by atoms with Crippen LogP contribution in [-0.4, -0.2) is 34.9 Å². The van der Waals surface area contributed by atoms with Gasteiger partial charge in [-0.1, -0.05) is 5.21 Å². The standard InChI is InChI=1S/C12H14N4O/c1-15(2)10-6-4-9(5-7-10)12(17)11-8-13-14-16(11)3/h4-8H,1-3H3. The molecule has 0 spiro atoms. The van der Waals surface area contributed by atoms with Crippen molar-refractivity contribution in [2.75, 3.05) is 19.0 Å². The maximum atomic E-state index is 12.1. The first-order valence-corrected chi connectivity index (χ1v) is 5.26. The molecule has 0 saturated carbocycles. The molecule has 1 heterocycles. The Bertz CT molecular complexity index is 528. The summed E-state index contributed by atoms with van der Waals surface area (Å²) in [6.45, 7) is 0. The monoisotopic (exact) mass is 230 g/mol. The molecular formula is C12H14N4O. The van der Waals surface area contributed by atoms with Gasteiger partial charge in [-0.2, -0.15) is 0 Å². The summed E-state index contributed by atoms with van der Waals surface area (Å²) >= 11 is 0. The van der Waals surface area contributed by atoms with E-state index in [-0.39, 0.29) is 5.78 Å². The first kappa shape index (κ1) is 11.3. The maximum absolute atomic E-state index is 12.1. The first-order valence-electron chi connectivity index (χ1n) is 5.26. The molecule has 0 unspecified atom stereocenters. The summed E-state index contributed by atoms with van der Waals surface area (Å²) in [5, 5.41) is 7.44. The number of carbonyl (C=O) groups is 1. The van der Waals surface area contributed by atoms with Crippen molar-refractivity contribution in [3.8, 4) is 0 Å². The predicted molar refractivity (Wildman–Crippen MR) is 65.2 cm³/mol. The molecule has 0 amide bonds. The largest absolute Gasteiger partial charge is 0.378 e. The van der Waals surface area contributed by atoms with Gasteiger partial charge in [-0.3, -0.25) is 4.79 Å². The maximum Gasteiger partial charge on any atom is 0.212 e. The molecule has 0 saturated heterocycles. The third-order valence-electron chi connectivity index (χ3n) is 2.59. The van der Waals surface area contributed by atoms with E-state index in [4.69, 9.17) is 0 Å². The molecule has 0 radical (unpaired) electrons. The first-order chi connectivity index (χ1) is 8.09. The lowest BCUT2D eigenvalue weighted by molar-refractivity contribution is 0.103. The van der Waals surface area contributed by atoms with Crippen LogP contribution in [0.25, 0.3) is 0 Å². The molecule has 17 heavy (non-hydrogen) atoms. The van der Waals surface area contributed by atoms with Crippen molar-refractivity contribution in [3.05, 3.63) is 41.7 Å². The zero-order valence-electron chi connectivity index (χ0n) is 10.1. The zero-order valence-corrected chi connectivity index (χ0v) is 10.1. The summed E-state index contributed by atoms with van der Waals surface area (Å²) in [7, 11) is 5.62. The topological polar surface area (TPSA) is 51.0 Å². The highest BCUT2D eigenvalue weighted by Gasteiger charge is 2.13. The normalized spacial score (nSPS) is 10.3. The quantitative estimate of drug-likeness (QED) is 0.741. The molecule has 0 aliphatic heterocycles. The number of aromatic nitrogens is 3. The van der Waals surface area contributed by atoms with Crippen LogP contribution in [0.5, 0.6) is 0 Å². The molecule has 0 bridgehead atoms. The van der Waals surface area contributed by atoms with Crippen LogP contribution in [0.3, 0.4) is 0 Å². The molecule has 2 rings (SSSR count). The van der Waals surface area contributed by atoms with Crippen LogP contribution in [0.1, 0.15) is 16.1 Å². The zero-order chi connectivity index (χ0) is 12.4. The van der Waals surface area contributed by atoms with Crippen molar-refractivity contribution >= 4 is 11.5 Å². The summed E-state index contributed by atoms with van der Waals surface area (Å²) in [5.74, 6) is -0.0668. The molecule has 5 heteroatoms. The van der Waals surface area contributed by atoms with E-state index in [1.54, 1.807) is 7.05 Å². The Balaban J connectivity index is 2.29. The van der Waals surface area contributed by atoms with Crippen molar-refractivity contribution in [2.45, 2.75) is 0 Å². The lowest BCUT2D eigenvalue weighted by atomic mass is 10.1. The molecular weight excluding hydrogens is 216 g/mol. The van der Waals surface area contributed by atoms with E-state index >= 15 is 0 Å². The number of nitrogens with zero attached hydrogens (tertiary/aromatic N) is 4. The lowest BCUT2D eigenvalue weighted by Crippen LogP contribution is -2.10. The number of ketones is 1. The summed E-state index contributed by atoms with van der Waals surface area (Å²) in [5.41, 5.74) is 2.19. The van der Waals surface area contributed by atoms with Gasteiger partial charge in [0, 0.05) is 32.4 Å². The van der Waals surface area contributed by atoms with E-state index in [9.17, 15) is 4.79 Å². The van der Waals surface area contributed by atoms with E-state index in [2.05, 4.69) is 10.3 Å². The second kappa shape index (κ2) is 4.37. The van der Waals surface area contributed by atoms with E-state index in [1.807, 2.05) is 43.3 Å². The van der Waals surface area contributed by atoms with Crippen LogP contribution in [-0.2, 0) is 7.05 Å². The van der Waals surface area contributed by atoms with Gasteiger partial charge in [0.05, 0.1) is 6.20 Å². The van der Waals surface area contributed by atoms with Gasteiger partial charge >= 0.3 is 0 Å². The Morgan fingerprint density at radius 2 is 1.88 bits per heavy atom. The van der Waals surface area contributed by atoms with Crippen molar-refractivity contribution in [2.24, 2.45) is 7.05 Å². The second-order valence-corrected chi connectivity index (χ2v) is 4.01. The molecule has 0 fully saturated rings. The third kappa shape index (κ3) is 2.18. The van der Waals surface area contributed by atoms with Gasteiger partial charge in [0.25, 0.3) is 0 Å². The van der Waals surface area contributed by atoms with Crippen molar-refractivity contribution in [1.82, 2.24) is 15.0 Å². The fraction of sp³-hybridized carbons (Fsp3) is 0.250. The van der Waals surface area contributed by atoms with Crippen LogP contribution in [0.15, 0.2) is 30.5 Å². The third-order valence-corrected chi connectivity index (χ3v) is 2.59. The Labute approximate surface area is 99.7 Å². The van der Waals surface area contributed by atoms with Gasteiger partial charge in [-0.15, -0.1) is 5.10 Å². The van der Waals surface area contributed by atoms with Crippen LogP contribution >= 0.6 is 0 Å². The summed E-state index contributed by atoms with van der Waals surface area (Å²) < 4.78 is 1.47. The van der Waals surface area contributed by atoms with Gasteiger partial charge in [0.1, 0.15) is 5.69 Å². The molecule has 88 valence electrons. The minimum atomic E-state index is -0.0668. The average molecular weight is 230 g/mol. The number of aryl methyl sites for hydroxylation is 1. The molecule has 5 nitrogen and oxygen atoms in total. The molecule has 0 N–H and O–H groups in total. The van der Waals surface area contributed by atoms with E-state index in [1.165, 1.54) is 10.9 Å². The SMILES string of the molecule is CN(C)c1ccc(C(=O)c2cnnn2C)cc1. The van der Waals surface area contributed by atoms with Crippen molar-refractivity contribution in [3.63, 3.8) is 0 Å². The Morgan fingerprint density at radius 3 is 2.35 bits per heavy atom. The highest BCUT2D eigenvalue weighted by Crippen LogP contribution is 2.14. The van der Waals surface area contributed by atoms with Crippen molar-refractivity contribution in [1.29, 1.82) is 0 Å². The van der Waals surface area contributed by atoms with E-state index in [0.29, 0.717) is 11.3 Å². The number of hydrogen-bond donors (Lipinski definition) is 0. The van der Waals surface area contributed by atoms with Crippen LogP contribution in [0.2, 0.25) is 0 Å². The van der Waals surface area contributed by atoms with Crippen LogP contribution in [0, 0.1) is 0 Å². The molecule has 1 aromatic heterocycles. The summed E-state index contributed by atoms with van der Waals surface area (Å²) in [6.07, 6.45) is 1.47. The Morgan fingerprint density at radius 1 is 1.24 bits per heavy atom. The number of hydrogen-bond acceptors (Lipinski definition) is 4. The summed E-state index contributed by atoms with van der Waals surface area (Å²) in [6, 6.07) is 7.45. The molecule has 0 atom stereocenters. The number of carbonyl (C=O) groups excluding carboxylic acids is 1. The predicted octanol–water partition coefficient (Wildman–Crippen LogP) is 1.11.